The maximum absolute atomic E-state index is 13.1. The number of amides is 1. The molecule has 4 aromatic carbocycles. The van der Waals surface area contributed by atoms with Crippen molar-refractivity contribution < 1.29 is 24.2 Å². The summed E-state index contributed by atoms with van der Waals surface area (Å²) < 4.78 is 5.95. The van der Waals surface area contributed by atoms with Crippen molar-refractivity contribution in [2.24, 2.45) is 5.92 Å². The Morgan fingerprint density at radius 2 is 1.42 bits per heavy atom. The van der Waals surface area contributed by atoms with Gasteiger partial charge in [-0.15, -0.1) is 0 Å². The first kappa shape index (κ1) is 31.0. The Bertz CT molecular complexity index is 1490. The minimum absolute atomic E-state index is 0.0945. The number of hydrogen-bond acceptors (Lipinski definition) is 5. The van der Waals surface area contributed by atoms with Crippen LogP contribution in [0, 0.1) is 5.92 Å². The third-order valence-electron chi connectivity index (χ3n) is 6.98. The topological polar surface area (TPSA) is 95.9 Å². The van der Waals surface area contributed by atoms with E-state index in [0.29, 0.717) is 48.7 Å². The highest BCUT2D eigenvalue weighted by atomic mass is 16.5. The van der Waals surface area contributed by atoms with Crippen LogP contribution < -0.4 is 10.1 Å². The van der Waals surface area contributed by atoms with E-state index >= 15 is 0 Å². The molecule has 0 heterocycles. The molecule has 7 nitrogen and oxygen atoms in total. The number of nitrogens with zero attached hydrogens (tertiary/aromatic N) is 1. The summed E-state index contributed by atoms with van der Waals surface area (Å²) in [4.78, 5) is 40.0. The Hall–Kier alpha value is -4.91. The zero-order valence-electron chi connectivity index (χ0n) is 24.6. The first-order valence-electron chi connectivity index (χ1n) is 14.5. The SMILES string of the molecule is CC(C)CC(=O)N(CCOc1ccc(C[C@H](Nc2ccccc2C(=O)c2ccccc2)C(=O)O)cc1)Cc1ccccc1. The third-order valence-corrected chi connectivity index (χ3v) is 6.98. The molecule has 222 valence electrons. The lowest BCUT2D eigenvalue weighted by atomic mass is 10.00. The van der Waals surface area contributed by atoms with Gasteiger partial charge in [-0.2, -0.15) is 0 Å². The summed E-state index contributed by atoms with van der Waals surface area (Å²) in [5.41, 5.74) is 3.29. The average Bonchev–Trinajstić information content (AvgIpc) is 3.01. The van der Waals surface area contributed by atoms with Crippen molar-refractivity contribution in [3.05, 3.63) is 131 Å². The molecule has 0 aliphatic heterocycles. The summed E-state index contributed by atoms with van der Waals surface area (Å²) in [5, 5.41) is 13.0. The maximum Gasteiger partial charge on any atom is 0.326 e. The highest BCUT2D eigenvalue weighted by Crippen LogP contribution is 2.22. The maximum atomic E-state index is 13.1. The molecule has 0 aromatic heterocycles. The first-order chi connectivity index (χ1) is 20.8. The van der Waals surface area contributed by atoms with Crippen LogP contribution in [0.4, 0.5) is 5.69 Å². The van der Waals surface area contributed by atoms with E-state index in [9.17, 15) is 19.5 Å². The second kappa shape index (κ2) is 15.4. The molecule has 0 bridgehead atoms. The molecular formula is C36H38N2O5. The van der Waals surface area contributed by atoms with Crippen molar-refractivity contribution in [2.45, 2.75) is 39.3 Å². The Morgan fingerprint density at radius 3 is 2.07 bits per heavy atom. The number of carbonyl (C=O) groups excluding carboxylic acids is 2. The zero-order chi connectivity index (χ0) is 30.6. The highest BCUT2D eigenvalue weighted by molar-refractivity contribution is 6.12. The fraction of sp³-hybridized carbons (Fsp3) is 0.250. The number of aliphatic carboxylic acids is 1. The number of anilines is 1. The molecular weight excluding hydrogens is 540 g/mol. The summed E-state index contributed by atoms with van der Waals surface area (Å²) in [6.45, 7) is 5.38. The van der Waals surface area contributed by atoms with Crippen LogP contribution in [0.3, 0.4) is 0 Å². The molecule has 7 heteroatoms. The minimum atomic E-state index is -1.02. The van der Waals surface area contributed by atoms with E-state index in [1.54, 1.807) is 60.7 Å². The number of ether oxygens (including phenoxy) is 1. The van der Waals surface area contributed by atoms with Gasteiger partial charge in [0.2, 0.25) is 5.91 Å². The van der Waals surface area contributed by atoms with Crippen LogP contribution in [0.1, 0.15) is 47.3 Å². The summed E-state index contributed by atoms with van der Waals surface area (Å²) >= 11 is 0. The molecule has 0 unspecified atom stereocenters. The fourth-order valence-corrected chi connectivity index (χ4v) is 4.75. The molecule has 0 radical (unpaired) electrons. The lowest BCUT2D eigenvalue weighted by Gasteiger charge is -2.24. The molecule has 0 spiro atoms. The van der Waals surface area contributed by atoms with Gasteiger partial charge in [0.25, 0.3) is 0 Å². The quantitative estimate of drug-likeness (QED) is 0.157. The highest BCUT2D eigenvalue weighted by Gasteiger charge is 2.21. The van der Waals surface area contributed by atoms with Gasteiger partial charge < -0.3 is 20.1 Å². The van der Waals surface area contributed by atoms with E-state index in [2.05, 4.69) is 5.32 Å². The van der Waals surface area contributed by atoms with Crippen LogP contribution in [-0.2, 0) is 22.6 Å². The standard InChI is InChI=1S/C36H38N2O5/c1-26(2)23-34(39)38(25-28-11-5-3-6-12-28)21-22-43-30-19-17-27(18-20-30)24-33(36(41)42)37-32-16-10-9-15-31(32)35(40)29-13-7-4-8-14-29/h3-20,26,33,37H,21-25H2,1-2H3,(H,41,42)/t33-/m0/s1. The number of carbonyl (C=O) groups is 3. The van der Waals surface area contributed by atoms with Crippen LogP contribution >= 0.6 is 0 Å². The van der Waals surface area contributed by atoms with Crippen LogP contribution in [0.5, 0.6) is 5.75 Å². The van der Waals surface area contributed by atoms with Gasteiger partial charge in [-0.05, 0) is 41.3 Å². The number of rotatable bonds is 15. The van der Waals surface area contributed by atoms with E-state index in [1.807, 2.05) is 67.3 Å². The van der Waals surface area contributed by atoms with Crippen LogP contribution in [0.15, 0.2) is 109 Å². The van der Waals surface area contributed by atoms with Gasteiger partial charge >= 0.3 is 5.97 Å². The molecule has 2 N–H and O–H groups in total. The van der Waals surface area contributed by atoms with Crippen LogP contribution in [0.25, 0.3) is 0 Å². The molecule has 43 heavy (non-hydrogen) atoms. The minimum Gasteiger partial charge on any atom is -0.492 e. The van der Waals surface area contributed by atoms with Gasteiger partial charge in [0.05, 0.1) is 6.54 Å². The lowest BCUT2D eigenvalue weighted by molar-refractivity contribution is -0.138. The predicted octanol–water partition coefficient (Wildman–Crippen LogP) is 6.48. The number of ketones is 1. The van der Waals surface area contributed by atoms with Crippen molar-refractivity contribution in [3.8, 4) is 5.75 Å². The molecule has 1 atom stereocenters. The number of nitrogens with one attached hydrogen (secondary N) is 1. The summed E-state index contributed by atoms with van der Waals surface area (Å²) in [6, 6.07) is 32.1. The second-order valence-corrected chi connectivity index (χ2v) is 10.9. The van der Waals surface area contributed by atoms with Crippen LogP contribution in [-0.4, -0.2) is 46.9 Å². The number of carboxylic acids is 1. The van der Waals surface area contributed by atoms with Crippen molar-refractivity contribution in [1.82, 2.24) is 4.90 Å². The monoisotopic (exact) mass is 578 g/mol. The van der Waals surface area contributed by atoms with Gasteiger partial charge in [0, 0.05) is 36.2 Å². The number of benzene rings is 4. The molecule has 0 fully saturated rings. The van der Waals surface area contributed by atoms with Gasteiger partial charge in [-0.3, -0.25) is 9.59 Å². The predicted molar refractivity (Wildman–Crippen MR) is 168 cm³/mol. The first-order valence-corrected chi connectivity index (χ1v) is 14.5. The van der Waals surface area contributed by atoms with E-state index in [-0.39, 0.29) is 24.0 Å². The van der Waals surface area contributed by atoms with Gasteiger partial charge in [-0.1, -0.05) is 98.8 Å². The second-order valence-electron chi connectivity index (χ2n) is 10.9. The normalized spacial score (nSPS) is 11.5. The van der Waals surface area contributed by atoms with Crippen molar-refractivity contribution in [2.75, 3.05) is 18.5 Å². The zero-order valence-corrected chi connectivity index (χ0v) is 24.6. The molecule has 0 saturated heterocycles. The average molecular weight is 579 g/mol. The molecule has 1 amide bonds. The Labute approximate surface area is 253 Å². The van der Waals surface area contributed by atoms with Crippen molar-refractivity contribution in [3.63, 3.8) is 0 Å². The van der Waals surface area contributed by atoms with Gasteiger partial charge in [-0.25, -0.2) is 4.79 Å². The molecule has 4 aromatic rings. The van der Waals surface area contributed by atoms with E-state index < -0.39 is 12.0 Å². The molecule has 0 saturated carbocycles. The molecule has 0 aliphatic carbocycles. The molecule has 0 aliphatic rings. The fourth-order valence-electron chi connectivity index (χ4n) is 4.75. The summed E-state index contributed by atoms with van der Waals surface area (Å²) in [5.74, 6) is -0.203. The van der Waals surface area contributed by atoms with Gasteiger partial charge in [0.1, 0.15) is 18.4 Å². The molecule has 4 rings (SSSR count). The van der Waals surface area contributed by atoms with Crippen molar-refractivity contribution in [1.29, 1.82) is 0 Å². The van der Waals surface area contributed by atoms with E-state index in [1.165, 1.54) is 0 Å². The Kier molecular flexibility index (Phi) is 11.1. The summed E-state index contributed by atoms with van der Waals surface area (Å²) in [7, 11) is 0. The van der Waals surface area contributed by atoms with E-state index in [4.69, 9.17) is 4.74 Å². The Morgan fingerprint density at radius 1 is 0.791 bits per heavy atom. The summed E-state index contributed by atoms with van der Waals surface area (Å²) in [6.07, 6.45) is 0.684. The number of para-hydroxylation sites is 1. The van der Waals surface area contributed by atoms with Crippen molar-refractivity contribution >= 4 is 23.3 Å². The van der Waals surface area contributed by atoms with Gasteiger partial charge in [0.15, 0.2) is 5.78 Å². The van der Waals surface area contributed by atoms with E-state index in [0.717, 1.165) is 11.1 Å². The largest absolute Gasteiger partial charge is 0.492 e. The number of carboxylic acid groups (broad SMARTS) is 1. The number of hydrogen-bond donors (Lipinski definition) is 2. The lowest BCUT2D eigenvalue weighted by Crippen LogP contribution is -2.34. The third kappa shape index (κ3) is 9.30. The smallest absolute Gasteiger partial charge is 0.326 e. The van der Waals surface area contributed by atoms with Crippen LogP contribution in [0.2, 0.25) is 0 Å². The Balaban J connectivity index is 1.36.